The lowest BCUT2D eigenvalue weighted by atomic mass is 9.56. The van der Waals surface area contributed by atoms with Crippen molar-refractivity contribution < 1.29 is 33.3 Å². The molecule has 0 aromatic heterocycles. The second-order valence-electron chi connectivity index (χ2n) is 11.1. The molecule has 0 amide bonds. The molecule has 4 saturated carbocycles. The van der Waals surface area contributed by atoms with E-state index in [0.717, 1.165) is 19.3 Å². The number of hydrogen-bond acceptors (Lipinski definition) is 7. The Morgan fingerprint density at radius 3 is 2.53 bits per heavy atom. The van der Waals surface area contributed by atoms with Crippen molar-refractivity contribution in [2.45, 2.75) is 76.1 Å². The summed E-state index contributed by atoms with van der Waals surface area (Å²) >= 11 is 0. The third-order valence-electron chi connectivity index (χ3n) is 10.3. The highest BCUT2D eigenvalue weighted by atomic mass is 16.6. The van der Waals surface area contributed by atoms with E-state index in [4.69, 9.17) is 18.9 Å². The van der Waals surface area contributed by atoms with Crippen molar-refractivity contribution in [1.29, 1.82) is 0 Å². The first-order valence-electron chi connectivity index (χ1n) is 11.3. The smallest absolute Gasteiger partial charge is 0.313 e. The van der Waals surface area contributed by atoms with Crippen molar-refractivity contribution in [3.05, 3.63) is 0 Å². The van der Waals surface area contributed by atoms with Crippen molar-refractivity contribution in [3.8, 4) is 0 Å². The number of ether oxygens (including phenoxy) is 4. The van der Waals surface area contributed by atoms with Gasteiger partial charge in [-0.05, 0) is 56.8 Å². The molecule has 6 rings (SSSR count). The monoisotopic (exact) mass is 418 g/mol. The molecule has 2 saturated heterocycles. The van der Waals surface area contributed by atoms with Gasteiger partial charge < -0.3 is 18.9 Å². The zero-order valence-electron chi connectivity index (χ0n) is 18.1. The third kappa shape index (κ3) is 1.75. The molecule has 4 bridgehead atoms. The van der Waals surface area contributed by atoms with E-state index in [1.807, 2.05) is 6.92 Å². The molecular formula is C23H30O7. The van der Waals surface area contributed by atoms with E-state index in [9.17, 15) is 14.4 Å². The molecule has 9 atom stereocenters. The average molecular weight is 418 g/mol. The Morgan fingerprint density at radius 1 is 1.17 bits per heavy atom. The summed E-state index contributed by atoms with van der Waals surface area (Å²) in [4.78, 5) is 38.7. The Bertz CT molecular complexity index is 879. The van der Waals surface area contributed by atoms with Crippen LogP contribution in [-0.4, -0.2) is 48.4 Å². The number of methoxy groups -OCH3 is 1. The Hall–Kier alpha value is -1.63. The summed E-state index contributed by atoms with van der Waals surface area (Å²) in [5, 5.41) is 0. The molecule has 7 nitrogen and oxygen atoms in total. The van der Waals surface area contributed by atoms with Crippen LogP contribution in [0.15, 0.2) is 0 Å². The van der Waals surface area contributed by atoms with Crippen molar-refractivity contribution >= 4 is 17.9 Å². The van der Waals surface area contributed by atoms with Crippen LogP contribution in [0.25, 0.3) is 0 Å². The molecule has 2 spiro atoms. The van der Waals surface area contributed by atoms with Crippen LogP contribution < -0.4 is 0 Å². The van der Waals surface area contributed by atoms with Crippen LogP contribution in [0.1, 0.15) is 59.3 Å². The van der Waals surface area contributed by atoms with E-state index in [1.165, 1.54) is 14.0 Å². The second-order valence-corrected chi connectivity index (χ2v) is 11.1. The van der Waals surface area contributed by atoms with Crippen LogP contribution in [0.5, 0.6) is 0 Å². The highest BCUT2D eigenvalue weighted by Crippen LogP contribution is 2.81. The zero-order valence-corrected chi connectivity index (χ0v) is 18.1. The van der Waals surface area contributed by atoms with Crippen LogP contribution in [0.4, 0.5) is 0 Å². The minimum absolute atomic E-state index is 0.0598. The molecule has 0 radical (unpaired) electrons. The highest BCUT2D eigenvalue weighted by Gasteiger charge is 2.88. The van der Waals surface area contributed by atoms with E-state index in [0.29, 0.717) is 25.9 Å². The van der Waals surface area contributed by atoms with Gasteiger partial charge in [-0.1, -0.05) is 6.92 Å². The van der Waals surface area contributed by atoms with Gasteiger partial charge in [0.2, 0.25) is 0 Å². The fourth-order valence-corrected chi connectivity index (χ4v) is 9.11. The van der Waals surface area contributed by atoms with E-state index in [-0.39, 0.29) is 35.7 Å². The summed E-state index contributed by atoms with van der Waals surface area (Å²) in [5.41, 5.74) is -2.97. The molecule has 6 fully saturated rings. The fourth-order valence-electron chi connectivity index (χ4n) is 9.11. The average Bonchev–Trinajstić information content (AvgIpc) is 3.34. The Kier molecular flexibility index (Phi) is 3.32. The zero-order chi connectivity index (χ0) is 21.3. The number of esters is 3. The van der Waals surface area contributed by atoms with Crippen molar-refractivity contribution in [1.82, 2.24) is 0 Å². The summed E-state index contributed by atoms with van der Waals surface area (Å²) in [6.07, 6.45) is 4.40. The molecule has 4 aliphatic carbocycles. The van der Waals surface area contributed by atoms with Gasteiger partial charge in [-0.3, -0.25) is 14.4 Å². The molecular weight excluding hydrogens is 388 g/mol. The van der Waals surface area contributed by atoms with Crippen LogP contribution >= 0.6 is 0 Å². The molecule has 3 unspecified atom stereocenters. The summed E-state index contributed by atoms with van der Waals surface area (Å²) < 4.78 is 23.7. The molecule has 2 aliphatic heterocycles. The number of carbonyl (C=O) groups is 3. The van der Waals surface area contributed by atoms with Gasteiger partial charge >= 0.3 is 17.9 Å². The van der Waals surface area contributed by atoms with Gasteiger partial charge in [-0.25, -0.2) is 0 Å². The Balaban J connectivity index is 1.55. The van der Waals surface area contributed by atoms with Gasteiger partial charge in [-0.2, -0.15) is 0 Å². The SMILES string of the molecule is COC(=O)C1C2[C@@]3(CC[C@@H](C)[C@]2(C)C(=O)O3)C2CC[C@]3(OC(C)=O)C[C@]12C[C@]31CO1. The molecule has 164 valence electrons. The summed E-state index contributed by atoms with van der Waals surface area (Å²) in [7, 11) is 1.43. The largest absolute Gasteiger partial charge is 0.469 e. The van der Waals surface area contributed by atoms with Gasteiger partial charge in [0.05, 0.1) is 25.0 Å². The number of fused-ring (bicyclic) bond motifs is 2. The Labute approximate surface area is 176 Å². The fraction of sp³-hybridized carbons (Fsp3) is 0.870. The van der Waals surface area contributed by atoms with Gasteiger partial charge in [0, 0.05) is 18.8 Å². The topological polar surface area (TPSA) is 91.4 Å². The van der Waals surface area contributed by atoms with Gasteiger partial charge in [0.25, 0.3) is 0 Å². The first kappa shape index (κ1) is 19.1. The first-order chi connectivity index (χ1) is 14.1. The molecule has 2 heterocycles. The van der Waals surface area contributed by atoms with Gasteiger partial charge in [-0.15, -0.1) is 0 Å². The van der Waals surface area contributed by atoms with E-state index in [2.05, 4.69) is 6.92 Å². The molecule has 30 heavy (non-hydrogen) atoms. The molecule has 6 aliphatic rings. The summed E-state index contributed by atoms with van der Waals surface area (Å²) in [5.74, 6) is -1.19. The van der Waals surface area contributed by atoms with Crippen LogP contribution in [0.2, 0.25) is 0 Å². The molecule has 0 aromatic carbocycles. The molecule has 0 N–H and O–H groups in total. The van der Waals surface area contributed by atoms with E-state index >= 15 is 0 Å². The van der Waals surface area contributed by atoms with Crippen LogP contribution in [-0.2, 0) is 33.3 Å². The first-order valence-corrected chi connectivity index (χ1v) is 11.3. The normalized spacial score (nSPS) is 56.9. The maximum Gasteiger partial charge on any atom is 0.313 e. The lowest BCUT2D eigenvalue weighted by Crippen LogP contribution is -2.51. The second kappa shape index (κ2) is 5.22. The van der Waals surface area contributed by atoms with E-state index in [1.54, 1.807) is 0 Å². The van der Waals surface area contributed by atoms with Crippen LogP contribution in [0, 0.1) is 34.5 Å². The third-order valence-corrected chi connectivity index (χ3v) is 10.3. The number of rotatable bonds is 2. The number of hydrogen-bond donors (Lipinski definition) is 0. The number of carbonyl (C=O) groups excluding carboxylic acids is 3. The lowest BCUT2D eigenvalue weighted by Gasteiger charge is -2.46. The lowest BCUT2D eigenvalue weighted by molar-refractivity contribution is -0.174. The van der Waals surface area contributed by atoms with E-state index < -0.39 is 33.6 Å². The minimum atomic E-state index is -0.701. The maximum atomic E-state index is 13.4. The van der Waals surface area contributed by atoms with Crippen molar-refractivity contribution in [2.24, 2.45) is 34.5 Å². The van der Waals surface area contributed by atoms with Crippen molar-refractivity contribution in [2.75, 3.05) is 13.7 Å². The van der Waals surface area contributed by atoms with Gasteiger partial charge in [0.15, 0.2) is 0 Å². The van der Waals surface area contributed by atoms with Crippen LogP contribution in [0.3, 0.4) is 0 Å². The number of epoxide rings is 1. The van der Waals surface area contributed by atoms with Gasteiger partial charge in [0.1, 0.15) is 16.8 Å². The molecule has 7 heteroatoms. The molecule has 0 aromatic rings. The standard InChI is InChI=1S/C23H30O7/c1-12-5-8-23-14-6-7-21(29-13(2)24)9-20(14,10-22(21)11-28-22)15(17(25)27-4)16(23)19(12,3)18(26)30-23/h12,14-16H,5-11H2,1-4H3/t12-,14?,15?,16?,19+,20-,21+,22+,23-/m1/s1. The maximum absolute atomic E-state index is 13.4. The predicted octanol–water partition coefficient (Wildman–Crippen LogP) is 2.40. The summed E-state index contributed by atoms with van der Waals surface area (Å²) in [6.45, 7) is 6.09. The Morgan fingerprint density at radius 2 is 1.90 bits per heavy atom. The minimum Gasteiger partial charge on any atom is -0.469 e. The van der Waals surface area contributed by atoms with Crippen molar-refractivity contribution in [3.63, 3.8) is 0 Å². The summed E-state index contributed by atoms with van der Waals surface area (Å²) in [6, 6.07) is 0. The highest BCUT2D eigenvalue weighted by molar-refractivity contribution is 5.85. The quantitative estimate of drug-likeness (QED) is 0.386. The predicted molar refractivity (Wildman–Crippen MR) is 102 cm³/mol.